The summed E-state index contributed by atoms with van der Waals surface area (Å²) in [6.07, 6.45) is 0. The number of carbonyl (C=O) groups excluding carboxylic acids is 1. The lowest BCUT2D eigenvalue weighted by Crippen LogP contribution is -2.52. The number of thiophene rings is 1. The summed E-state index contributed by atoms with van der Waals surface area (Å²) < 4.78 is 0. The van der Waals surface area contributed by atoms with Crippen LogP contribution in [0.5, 0.6) is 0 Å². The first-order valence-electron chi connectivity index (χ1n) is 7.48. The van der Waals surface area contributed by atoms with E-state index in [0.29, 0.717) is 5.91 Å². The Morgan fingerprint density at radius 3 is 2.60 bits per heavy atom. The molecule has 1 N–H and O–H groups in total. The third-order valence-electron chi connectivity index (χ3n) is 3.95. The van der Waals surface area contributed by atoms with Crippen molar-refractivity contribution in [1.29, 1.82) is 0 Å². The molecule has 1 amide bonds. The molecule has 0 atom stereocenters. The van der Waals surface area contributed by atoms with Crippen LogP contribution in [0.25, 0.3) is 0 Å². The van der Waals surface area contributed by atoms with Crippen LogP contribution in [0, 0.1) is 5.92 Å². The van der Waals surface area contributed by atoms with Crippen molar-refractivity contribution in [2.75, 3.05) is 39.3 Å². The number of nitrogens with one attached hydrogen (secondary N) is 1. The van der Waals surface area contributed by atoms with Gasteiger partial charge in [-0.1, -0.05) is 19.9 Å². The van der Waals surface area contributed by atoms with Gasteiger partial charge in [-0.25, -0.2) is 0 Å². The number of hydrogen-bond donors (Lipinski definition) is 1. The van der Waals surface area contributed by atoms with Crippen LogP contribution in [-0.4, -0.2) is 55.0 Å². The third kappa shape index (κ3) is 4.04. The summed E-state index contributed by atoms with van der Waals surface area (Å²) >= 11 is 1.73. The lowest BCUT2D eigenvalue weighted by molar-refractivity contribution is -0.137. The second-order valence-corrected chi connectivity index (χ2v) is 6.25. The van der Waals surface area contributed by atoms with Crippen LogP contribution >= 0.6 is 11.3 Å². The Labute approximate surface area is 125 Å². The van der Waals surface area contributed by atoms with Gasteiger partial charge in [0.25, 0.3) is 0 Å². The molecule has 0 bridgehead atoms. The first kappa shape index (κ1) is 15.5. The minimum atomic E-state index is 0.187. The smallest absolute Gasteiger partial charge is 0.228 e. The van der Waals surface area contributed by atoms with E-state index in [1.54, 1.807) is 11.3 Å². The Morgan fingerprint density at radius 1 is 1.35 bits per heavy atom. The number of hydrogen-bond acceptors (Lipinski definition) is 4. The van der Waals surface area contributed by atoms with Gasteiger partial charge < -0.3 is 15.1 Å². The molecule has 0 spiro atoms. The zero-order valence-electron chi connectivity index (χ0n) is 12.5. The number of nitrogens with zero attached hydrogens (tertiary/aromatic N) is 2. The van der Waals surface area contributed by atoms with E-state index in [1.165, 1.54) is 4.88 Å². The van der Waals surface area contributed by atoms with Gasteiger partial charge in [-0.15, -0.1) is 11.3 Å². The molecular formula is C15H25N3OS. The van der Waals surface area contributed by atoms with Crippen molar-refractivity contribution < 1.29 is 4.79 Å². The van der Waals surface area contributed by atoms with Gasteiger partial charge >= 0.3 is 0 Å². The summed E-state index contributed by atoms with van der Waals surface area (Å²) in [7, 11) is 0. The van der Waals surface area contributed by atoms with Gasteiger partial charge in [0.15, 0.2) is 0 Å². The Morgan fingerprint density at radius 2 is 2.10 bits per heavy atom. The maximum atomic E-state index is 12.5. The van der Waals surface area contributed by atoms with Gasteiger partial charge in [0.2, 0.25) is 5.91 Å². The molecule has 1 aliphatic heterocycles. The first-order valence-corrected chi connectivity index (χ1v) is 8.36. The average Bonchev–Trinajstić information content (AvgIpc) is 2.89. The quantitative estimate of drug-likeness (QED) is 0.792. The predicted molar refractivity (Wildman–Crippen MR) is 83.9 cm³/mol. The van der Waals surface area contributed by atoms with Crippen molar-refractivity contribution in [3.05, 3.63) is 22.4 Å². The van der Waals surface area contributed by atoms with E-state index in [1.807, 2.05) is 4.90 Å². The number of amides is 1. The van der Waals surface area contributed by atoms with Crippen LogP contribution in [-0.2, 0) is 11.3 Å². The summed E-state index contributed by atoms with van der Waals surface area (Å²) in [6.45, 7) is 10.7. The maximum absolute atomic E-state index is 12.5. The fourth-order valence-electron chi connectivity index (χ4n) is 2.38. The molecule has 0 aromatic carbocycles. The zero-order chi connectivity index (χ0) is 14.4. The highest BCUT2D eigenvalue weighted by molar-refractivity contribution is 7.09. The highest BCUT2D eigenvalue weighted by Gasteiger charge is 2.29. The number of rotatable bonds is 8. The molecule has 1 saturated heterocycles. The predicted octanol–water partition coefficient (Wildman–Crippen LogP) is 1.64. The van der Waals surface area contributed by atoms with E-state index in [2.05, 4.69) is 41.6 Å². The molecule has 1 fully saturated rings. The molecule has 1 aliphatic rings. The number of carbonyl (C=O) groups is 1. The topological polar surface area (TPSA) is 35.6 Å². The minimum absolute atomic E-state index is 0.187. The van der Waals surface area contributed by atoms with Crippen molar-refractivity contribution >= 4 is 17.2 Å². The molecule has 4 nitrogen and oxygen atoms in total. The van der Waals surface area contributed by atoms with Gasteiger partial charge in [0.1, 0.15) is 0 Å². The second kappa shape index (κ2) is 7.76. The van der Waals surface area contributed by atoms with Gasteiger partial charge in [-0.2, -0.15) is 0 Å². The van der Waals surface area contributed by atoms with E-state index in [9.17, 15) is 4.79 Å². The summed E-state index contributed by atoms with van der Waals surface area (Å²) in [5, 5.41) is 5.26. The number of likely N-dealkylation sites (N-methyl/N-ethyl adjacent to an activating group) is 1. The molecule has 0 radical (unpaired) electrons. The van der Waals surface area contributed by atoms with Crippen LogP contribution in [0.3, 0.4) is 0 Å². The van der Waals surface area contributed by atoms with Gasteiger partial charge in [-0.3, -0.25) is 4.79 Å². The van der Waals surface area contributed by atoms with Gasteiger partial charge in [0.05, 0.1) is 12.5 Å². The standard InChI is InChI=1S/C15H25N3OS/c1-3-17(4-2)7-8-18(12-14-6-5-9-20-14)15(19)13-10-16-11-13/h5-6,9,13,16H,3-4,7-8,10-12H2,1-2H3. The Kier molecular flexibility index (Phi) is 6.01. The first-order chi connectivity index (χ1) is 9.74. The zero-order valence-corrected chi connectivity index (χ0v) is 13.3. The summed E-state index contributed by atoms with van der Waals surface area (Å²) in [5.74, 6) is 0.496. The molecule has 5 heteroatoms. The van der Waals surface area contributed by atoms with Crippen LogP contribution in [0.2, 0.25) is 0 Å². The second-order valence-electron chi connectivity index (χ2n) is 5.22. The highest BCUT2D eigenvalue weighted by atomic mass is 32.1. The van der Waals surface area contributed by atoms with Crippen molar-refractivity contribution in [3.63, 3.8) is 0 Å². The van der Waals surface area contributed by atoms with Crippen molar-refractivity contribution in [1.82, 2.24) is 15.1 Å². The summed E-state index contributed by atoms with van der Waals surface area (Å²) in [5.41, 5.74) is 0. The molecule has 0 unspecified atom stereocenters. The molecule has 0 saturated carbocycles. The monoisotopic (exact) mass is 295 g/mol. The van der Waals surface area contributed by atoms with Crippen LogP contribution in [0.1, 0.15) is 18.7 Å². The lowest BCUT2D eigenvalue weighted by Gasteiger charge is -2.33. The molecule has 1 aromatic heterocycles. The van der Waals surface area contributed by atoms with Crippen molar-refractivity contribution in [3.8, 4) is 0 Å². The molecule has 2 heterocycles. The van der Waals surface area contributed by atoms with Crippen LogP contribution in [0.15, 0.2) is 17.5 Å². The van der Waals surface area contributed by atoms with E-state index >= 15 is 0 Å². The molecule has 112 valence electrons. The van der Waals surface area contributed by atoms with Crippen molar-refractivity contribution in [2.45, 2.75) is 20.4 Å². The SMILES string of the molecule is CCN(CC)CCN(Cc1cccs1)C(=O)C1CNC1. The molecule has 20 heavy (non-hydrogen) atoms. The fraction of sp³-hybridized carbons (Fsp3) is 0.667. The van der Waals surface area contributed by atoms with E-state index < -0.39 is 0 Å². The third-order valence-corrected chi connectivity index (χ3v) is 4.81. The normalized spacial score (nSPS) is 15.3. The highest BCUT2D eigenvalue weighted by Crippen LogP contribution is 2.15. The Balaban J connectivity index is 1.93. The Hall–Kier alpha value is -0.910. The largest absolute Gasteiger partial charge is 0.336 e. The van der Waals surface area contributed by atoms with Gasteiger partial charge in [0, 0.05) is 31.1 Å². The average molecular weight is 295 g/mol. The molecule has 2 rings (SSSR count). The van der Waals surface area contributed by atoms with Crippen LogP contribution < -0.4 is 5.32 Å². The minimum Gasteiger partial charge on any atom is -0.336 e. The van der Waals surface area contributed by atoms with E-state index in [0.717, 1.165) is 45.8 Å². The molecule has 1 aromatic rings. The van der Waals surface area contributed by atoms with Crippen molar-refractivity contribution in [2.24, 2.45) is 5.92 Å². The van der Waals surface area contributed by atoms with Crippen LogP contribution in [0.4, 0.5) is 0 Å². The van der Waals surface area contributed by atoms with E-state index in [-0.39, 0.29) is 5.92 Å². The van der Waals surface area contributed by atoms with E-state index in [4.69, 9.17) is 0 Å². The van der Waals surface area contributed by atoms with Gasteiger partial charge in [-0.05, 0) is 24.5 Å². The Bertz CT molecular complexity index is 399. The summed E-state index contributed by atoms with van der Waals surface area (Å²) in [4.78, 5) is 18.2. The summed E-state index contributed by atoms with van der Waals surface area (Å²) in [6, 6.07) is 4.17. The molecule has 0 aliphatic carbocycles. The molecular weight excluding hydrogens is 270 g/mol. The fourth-order valence-corrected chi connectivity index (χ4v) is 3.10. The lowest BCUT2D eigenvalue weighted by atomic mass is 10.0. The maximum Gasteiger partial charge on any atom is 0.228 e.